The largest absolute Gasteiger partial charge is 0.357 e. The minimum Gasteiger partial charge on any atom is -0.357 e. The van der Waals surface area contributed by atoms with E-state index in [4.69, 9.17) is 4.99 Å². The number of nitrogens with one attached hydrogen (secondary N) is 1. The maximum absolute atomic E-state index is 4.73. The molecule has 0 bridgehead atoms. The van der Waals surface area contributed by atoms with Gasteiger partial charge in [-0.15, -0.1) is 11.3 Å². The summed E-state index contributed by atoms with van der Waals surface area (Å²) in [6, 6.07) is 8.48. The van der Waals surface area contributed by atoms with Crippen LogP contribution in [0.1, 0.15) is 17.5 Å². The smallest absolute Gasteiger partial charge is 0.194 e. The highest BCUT2D eigenvalue weighted by Gasteiger charge is 2.08. The van der Waals surface area contributed by atoms with Gasteiger partial charge in [0.15, 0.2) is 5.96 Å². The van der Waals surface area contributed by atoms with Crippen molar-refractivity contribution in [2.75, 3.05) is 20.1 Å². The van der Waals surface area contributed by atoms with Crippen LogP contribution >= 0.6 is 11.3 Å². The average molecular weight is 304 g/mol. The van der Waals surface area contributed by atoms with Crippen LogP contribution in [0.25, 0.3) is 0 Å². The van der Waals surface area contributed by atoms with E-state index in [0.717, 1.165) is 32.0 Å². The van der Waals surface area contributed by atoms with Gasteiger partial charge < -0.3 is 14.8 Å². The quantitative estimate of drug-likeness (QED) is 0.657. The highest BCUT2D eigenvalue weighted by Crippen LogP contribution is 2.09. The molecule has 0 amide bonds. The van der Waals surface area contributed by atoms with E-state index in [2.05, 4.69) is 71.6 Å². The van der Waals surface area contributed by atoms with Crippen LogP contribution in [0.4, 0.5) is 0 Å². The standard InChI is InChI=1S/C16H24N4S/c1-4-17-16(18-10-9-15-8-6-12-21-15)20(3)13-14-7-5-11-19(14)2/h5-8,11-12H,4,9-10,13H2,1-3H3,(H,17,18). The van der Waals surface area contributed by atoms with E-state index in [1.807, 2.05) is 0 Å². The average Bonchev–Trinajstić information content (AvgIpc) is 3.10. The highest BCUT2D eigenvalue weighted by atomic mass is 32.1. The van der Waals surface area contributed by atoms with Crippen molar-refractivity contribution in [2.45, 2.75) is 19.9 Å². The number of hydrogen-bond donors (Lipinski definition) is 1. The summed E-state index contributed by atoms with van der Waals surface area (Å²) in [7, 11) is 4.16. The molecule has 2 aromatic rings. The Labute approximate surface area is 131 Å². The molecule has 0 fully saturated rings. The van der Waals surface area contributed by atoms with Crippen molar-refractivity contribution in [1.29, 1.82) is 0 Å². The van der Waals surface area contributed by atoms with Crippen LogP contribution < -0.4 is 5.32 Å². The molecule has 0 aliphatic carbocycles. The number of aromatic nitrogens is 1. The Bertz CT molecular complexity index is 557. The molecule has 0 atom stereocenters. The lowest BCUT2D eigenvalue weighted by atomic mass is 10.3. The zero-order valence-corrected chi connectivity index (χ0v) is 13.9. The Kier molecular flexibility index (Phi) is 5.87. The molecule has 0 saturated carbocycles. The molecule has 0 aliphatic rings. The van der Waals surface area contributed by atoms with Gasteiger partial charge in [0.2, 0.25) is 0 Å². The number of aliphatic imine (C=N–C) groups is 1. The summed E-state index contributed by atoms with van der Waals surface area (Å²) in [6.07, 6.45) is 3.08. The Morgan fingerprint density at radius 2 is 2.24 bits per heavy atom. The van der Waals surface area contributed by atoms with E-state index in [1.54, 1.807) is 11.3 Å². The van der Waals surface area contributed by atoms with Crippen molar-refractivity contribution in [1.82, 2.24) is 14.8 Å². The maximum atomic E-state index is 4.73. The number of rotatable bonds is 6. The number of thiophene rings is 1. The Balaban J connectivity index is 1.94. The SMILES string of the molecule is CCNC(=NCCc1cccs1)N(C)Cc1cccn1C. The first-order valence-corrected chi connectivity index (χ1v) is 8.20. The number of hydrogen-bond acceptors (Lipinski definition) is 2. The fourth-order valence-corrected chi connectivity index (χ4v) is 2.87. The predicted molar refractivity (Wildman–Crippen MR) is 90.9 cm³/mol. The lowest BCUT2D eigenvalue weighted by Gasteiger charge is -2.22. The van der Waals surface area contributed by atoms with Gasteiger partial charge in [-0.3, -0.25) is 4.99 Å². The Hall–Kier alpha value is -1.75. The van der Waals surface area contributed by atoms with Gasteiger partial charge in [0.05, 0.1) is 6.54 Å². The highest BCUT2D eigenvalue weighted by molar-refractivity contribution is 7.09. The zero-order chi connectivity index (χ0) is 15.1. The minimum absolute atomic E-state index is 0.820. The minimum atomic E-state index is 0.820. The van der Waals surface area contributed by atoms with Gasteiger partial charge in [0.1, 0.15) is 0 Å². The number of aryl methyl sites for hydroxylation is 1. The van der Waals surface area contributed by atoms with Crippen molar-refractivity contribution in [3.63, 3.8) is 0 Å². The van der Waals surface area contributed by atoms with Crippen LogP contribution in [0.15, 0.2) is 40.8 Å². The summed E-state index contributed by atoms with van der Waals surface area (Å²) in [5.41, 5.74) is 1.28. The molecular formula is C16H24N4S. The fourth-order valence-electron chi connectivity index (χ4n) is 2.18. The van der Waals surface area contributed by atoms with Crippen molar-refractivity contribution < 1.29 is 0 Å². The summed E-state index contributed by atoms with van der Waals surface area (Å²) in [5.74, 6) is 0.968. The summed E-state index contributed by atoms with van der Waals surface area (Å²) in [5, 5.41) is 5.48. The van der Waals surface area contributed by atoms with Crippen LogP contribution in [0.3, 0.4) is 0 Å². The molecule has 0 unspecified atom stereocenters. The topological polar surface area (TPSA) is 32.6 Å². The molecule has 0 saturated heterocycles. The van der Waals surface area contributed by atoms with E-state index in [0.29, 0.717) is 0 Å². The molecule has 114 valence electrons. The molecule has 21 heavy (non-hydrogen) atoms. The third-order valence-corrected chi connectivity index (χ3v) is 4.28. The van der Waals surface area contributed by atoms with E-state index < -0.39 is 0 Å². The predicted octanol–water partition coefficient (Wildman–Crippen LogP) is 2.73. The van der Waals surface area contributed by atoms with E-state index in [9.17, 15) is 0 Å². The first kappa shape index (κ1) is 15.6. The van der Waals surface area contributed by atoms with Gasteiger partial charge in [0, 0.05) is 50.4 Å². The van der Waals surface area contributed by atoms with Crippen LogP contribution in [-0.4, -0.2) is 35.6 Å². The van der Waals surface area contributed by atoms with Crippen molar-refractivity contribution in [2.24, 2.45) is 12.0 Å². The van der Waals surface area contributed by atoms with Gasteiger partial charge >= 0.3 is 0 Å². The molecule has 0 aromatic carbocycles. The lowest BCUT2D eigenvalue weighted by Crippen LogP contribution is -2.39. The molecule has 0 aliphatic heterocycles. The molecule has 2 aromatic heterocycles. The summed E-state index contributed by atoms with van der Waals surface area (Å²) >= 11 is 1.80. The number of nitrogens with zero attached hydrogens (tertiary/aromatic N) is 3. The Morgan fingerprint density at radius 3 is 2.86 bits per heavy atom. The van der Waals surface area contributed by atoms with Crippen LogP contribution in [0, 0.1) is 0 Å². The van der Waals surface area contributed by atoms with E-state index >= 15 is 0 Å². The first-order valence-electron chi connectivity index (χ1n) is 7.32. The lowest BCUT2D eigenvalue weighted by molar-refractivity contribution is 0.462. The van der Waals surface area contributed by atoms with Gasteiger partial charge in [-0.1, -0.05) is 6.07 Å². The number of guanidine groups is 1. The molecule has 2 rings (SSSR count). The van der Waals surface area contributed by atoms with E-state index in [-0.39, 0.29) is 0 Å². The van der Waals surface area contributed by atoms with Crippen LogP contribution in [0.2, 0.25) is 0 Å². The summed E-state index contributed by atoms with van der Waals surface area (Å²) in [4.78, 5) is 8.29. The molecular weight excluding hydrogens is 280 g/mol. The molecule has 1 N–H and O–H groups in total. The van der Waals surface area contributed by atoms with Gasteiger partial charge in [-0.05, 0) is 30.5 Å². The van der Waals surface area contributed by atoms with Crippen molar-refractivity contribution in [3.05, 3.63) is 46.4 Å². The Morgan fingerprint density at radius 1 is 1.38 bits per heavy atom. The second kappa shape index (κ2) is 7.88. The molecule has 0 spiro atoms. The van der Waals surface area contributed by atoms with Gasteiger partial charge in [-0.2, -0.15) is 0 Å². The molecule has 4 nitrogen and oxygen atoms in total. The fraction of sp³-hybridized carbons (Fsp3) is 0.438. The summed E-state index contributed by atoms with van der Waals surface area (Å²) in [6.45, 7) is 4.66. The summed E-state index contributed by atoms with van der Waals surface area (Å²) < 4.78 is 2.14. The molecule has 5 heteroatoms. The van der Waals surface area contributed by atoms with Crippen LogP contribution in [0.5, 0.6) is 0 Å². The van der Waals surface area contributed by atoms with Gasteiger partial charge in [-0.25, -0.2) is 0 Å². The third-order valence-electron chi connectivity index (χ3n) is 3.35. The van der Waals surface area contributed by atoms with Crippen LogP contribution in [-0.2, 0) is 20.0 Å². The van der Waals surface area contributed by atoms with Crippen molar-refractivity contribution >= 4 is 17.3 Å². The first-order chi connectivity index (χ1) is 10.2. The third kappa shape index (κ3) is 4.63. The maximum Gasteiger partial charge on any atom is 0.194 e. The zero-order valence-electron chi connectivity index (χ0n) is 13.0. The normalized spacial score (nSPS) is 11.7. The molecule has 2 heterocycles. The second-order valence-electron chi connectivity index (χ2n) is 5.03. The van der Waals surface area contributed by atoms with E-state index in [1.165, 1.54) is 10.6 Å². The van der Waals surface area contributed by atoms with Crippen molar-refractivity contribution in [3.8, 4) is 0 Å². The monoisotopic (exact) mass is 304 g/mol. The second-order valence-corrected chi connectivity index (χ2v) is 6.06. The molecule has 0 radical (unpaired) electrons. The van der Waals surface area contributed by atoms with Gasteiger partial charge in [0.25, 0.3) is 0 Å².